The lowest BCUT2D eigenvalue weighted by Gasteiger charge is -2.51. The van der Waals surface area contributed by atoms with Gasteiger partial charge in [0.15, 0.2) is 25.2 Å². The first-order chi connectivity index (χ1) is 31.6. The van der Waals surface area contributed by atoms with Crippen LogP contribution in [-0.4, -0.2) is 176 Å². The number of furan rings is 1. The third kappa shape index (κ3) is 9.97. The number of esters is 1. The molecule has 19 heteroatoms. The Kier molecular flexibility index (Phi) is 15.8. The highest BCUT2D eigenvalue weighted by molar-refractivity contribution is 5.82. The molecular weight excluding hydrogens is 868 g/mol. The van der Waals surface area contributed by atoms with Crippen LogP contribution in [0.5, 0.6) is 0 Å². The van der Waals surface area contributed by atoms with Crippen molar-refractivity contribution in [2.24, 2.45) is 17.3 Å². The van der Waals surface area contributed by atoms with Crippen LogP contribution in [0.4, 0.5) is 0 Å². The van der Waals surface area contributed by atoms with E-state index in [0.29, 0.717) is 50.0 Å². The quantitative estimate of drug-likeness (QED) is 0.141. The fraction of sp³-hybridized carbons (Fsp3) is 0.809. The Morgan fingerprint density at radius 1 is 0.712 bits per heavy atom. The van der Waals surface area contributed by atoms with Crippen LogP contribution >= 0.6 is 0 Å². The minimum absolute atomic E-state index is 0.0488. The van der Waals surface area contributed by atoms with Crippen LogP contribution in [0.3, 0.4) is 0 Å². The number of hydrogen-bond acceptors (Lipinski definition) is 19. The van der Waals surface area contributed by atoms with Gasteiger partial charge in [-0.1, -0.05) is 18.6 Å². The van der Waals surface area contributed by atoms with Crippen LogP contribution in [0.1, 0.15) is 84.0 Å². The highest BCUT2D eigenvalue weighted by Gasteiger charge is 2.54. The van der Waals surface area contributed by atoms with Gasteiger partial charge in [0.25, 0.3) is 0 Å². The lowest BCUT2D eigenvalue weighted by Crippen LogP contribution is -2.62. The van der Waals surface area contributed by atoms with Gasteiger partial charge in [-0.25, -0.2) is 0 Å². The van der Waals surface area contributed by atoms with Crippen molar-refractivity contribution in [1.29, 1.82) is 0 Å². The summed E-state index contributed by atoms with van der Waals surface area (Å²) in [4.78, 5) is 13.5. The molecule has 22 atom stereocenters. The topological polar surface area (TPSA) is 242 Å². The van der Waals surface area contributed by atoms with E-state index in [0.717, 1.165) is 5.56 Å². The molecule has 0 radical (unpaired) electrons. The third-order valence-electron chi connectivity index (χ3n) is 15.2. The van der Waals surface area contributed by atoms with Crippen LogP contribution in [0.15, 0.2) is 34.5 Å². The van der Waals surface area contributed by atoms with Crippen molar-refractivity contribution in [3.05, 3.63) is 41.4 Å². The second-order valence-corrected chi connectivity index (χ2v) is 19.2. The smallest absolute Gasteiger partial charge is 0.314 e. The summed E-state index contributed by atoms with van der Waals surface area (Å²) in [6.45, 7) is 8.94. The second-order valence-electron chi connectivity index (χ2n) is 19.2. The molecule has 5 aliphatic heterocycles. The van der Waals surface area contributed by atoms with Crippen LogP contribution in [-0.2, 0) is 61.6 Å². The summed E-state index contributed by atoms with van der Waals surface area (Å²) < 4.78 is 79.5. The largest absolute Gasteiger partial charge is 0.469 e. The van der Waals surface area contributed by atoms with Gasteiger partial charge in [-0.05, 0) is 76.9 Å². The molecule has 1 aromatic heterocycles. The molecule has 1 aromatic rings. The Hall–Kier alpha value is -2.41. The Bertz CT molecular complexity index is 1850. The van der Waals surface area contributed by atoms with Gasteiger partial charge in [0, 0.05) is 40.6 Å². The number of hydrogen-bond donors (Lipinski definition) is 5. The lowest BCUT2D eigenvalue weighted by molar-refractivity contribution is -0.357. The van der Waals surface area contributed by atoms with E-state index in [1.54, 1.807) is 27.4 Å². The van der Waals surface area contributed by atoms with Gasteiger partial charge < -0.3 is 86.8 Å². The molecule has 8 rings (SSSR count). The molecular formula is C47H70O19. The van der Waals surface area contributed by atoms with Crippen LogP contribution in [0, 0.1) is 24.2 Å². The molecule has 5 N–H and O–H groups in total. The zero-order valence-electron chi connectivity index (χ0n) is 39.0. The van der Waals surface area contributed by atoms with Crippen LogP contribution in [0.25, 0.3) is 5.76 Å². The van der Waals surface area contributed by atoms with Gasteiger partial charge in [-0.3, -0.25) is 4.79 Å². The predicted octanol–water partition coefficient (Wildman–Crippen LogP) is 2.39. The fourth-order valence-electron chi connectivity index (χ4n) is 11.4. The number of ether oxygens (including phenoxy) is 12. The Morgan fingerprint density at radius 2 is 1.27 bits per heavy atom. The number of cyclic esters (lactones) is 1. The monoisotopic (exact) mass is 938 g/mol. The number of aliphatic hydroxyl groups excluding tert-OH is 5. The van der Waals surface area contributed by atoms with Gasteiger partial charge >= 0.3 is 5.97 Å². The first kappa shape index (κ1) is 50.0. The summed E-state index contributed by atoms with van der Waals surface area (Å²) in [5, 5.41) is 52.4. The number of methoxy groups -OCH3 is 3. The summed E-state index contributed by atoms with van der Waals surface area (Å²) in [7, 11) is 4.73. The Morgan fingerprint density at radius 3 is 1.80 bits per heavy atom. The molecule has 0 unspecified atom stereocenters. The van der Waals surface area contributed by atoms with E-state index in [4.69, 9.17) is 61.3 Å². The number of carbonyl (C=O) groups is 1. The maximum atomic E-state index is 13.5. The first-order valence-electron chi connectivity index (χ1n) is 23.4. The van der Waals surface area contributed by atoms with Crippen molar-refractivity contribution in [1.82, 2.24) is 0 Å². The number of rotatable bonds is 13. The molecule has 7 aliphatic rings. The summed E-state index contributed by atoms with van der Waals surface area (Å²) in [6, 6.07) is 1.81. The van der Waals surface area contributed by atoms with Crippen molar-refractivity contribution in [3.63, 3.8) is 0 Å². The molecule has 5 fully saturated rings. The van der Waals surface area contributed by atoms with E-state index in [1.807, 2.05) is 32.9 Å². The van der Waals surface area contributed by atoms with Crippen molar-refractivity contribution < 1.29 is 91.6 Å². The average molecular weight is 939 g/mol. The average Bonchev–Trinajstić information content (AvgIpc) is 3.64. The van der Waals surface area contributed by atoms with Gasteiger partial charge in [-0.15, -0.1) is 0 Å². The van der Waals surface area contributed by atoms with Gasteiger partial charge in [-0.2, -0.15) is 0 Å². The molecule has 2 aliphatic carbocycles. The summed E-state index contributed by atoms with van der Waals surface area (Å²) >= 11 is 0. The number of aryl methyl sites for hydroxylation is 1. The summed E-state index contributed by atoms with van der Waals surface area (Å²) in [5.41, 5.74) is 1.51. The number of aliphatic hydroxyl groups is 5. The van der Waals surface area contributed by atoms with Gasteiger partial charge in [0.1, 0.15) is 54.2 Å². The van der Waals surface area contributed by atoms with Crippen molar-refractivity contribution >= 4 is 11.7 Å². The molecule has 19 nitrogen and oxygen atoms in total. The molecule has 0 bridgehead atoms. The van der Waals surface area contributed by atoms with E-state index >= 15 is 0 Å². The molecule has 0 aromatic carbocycles. The molecule has 66 heavy (non-hydrogen) atoms. The predicted molar refractivity (Wildman–Crippen MR) is 228 cm³/mol. The van der Waals surface area contributed by atoms with Crippen LogP contribution in [0.2, 0.25) is 0 Å². The van der Waals surface area contributed by atoms with E-state index in [2.05, 4.69) is 13.0 Å². The van der Waals surface area contributed by atoms with E-state index in [-0.39, 0.29) is 24.2 Å². The molecule has 6 heterocycles. The van der Waals surface area contributed by atoms with E-state index < -0.39 is 129 Å². The minimum atomic E-state index is -1.59. The van der Waals surface area contributed by atoms with Gasteiger partial charge in [0.05, 0.1) is 73.2 Å². The number of fused-ring (bicyclic) bond motifs is 3. The maximum absolute atomic E-state index is 13.5. The zero-order valence-corrected chi connectivity index (χ0v) is 39.0. The summed E-state index contributed by atoms with van der Waals surface area (Å²) in [6.07, 6.45) is -6.78. The standard InChI is InChI=1S/C47H70O19/c1-21-26(13-14-57-21)30-12-11-28-27(45(53)62-30)10-9-25-15-31(29(49)19-47(25,28)5)61-36-16-32(54-6)42(22(2)58-36)64-37-17-33(55-7)43(23(3)59-37)65-38-18-34(56-8)44(24(4)60-38)66-46-41(52)40(51)39(50)35(20-48)63-46/h9,12-14,22-24,27-29,31-44,46,48-52H,10-11,15-20H2,1-8H3/t22-,23+,24-,27-,28+,29-,31-,32+,33+,34+,35-,36+,37+,38+,39-,40+,41-,42-,43-,44-,46+,47+/m1/s1. The Balaban J connectivity index is 0.841. The lowest BCUT2D eigenvalue weighted by atomic mass is 9.55. The van der Waals surface area contributed by atoms with Gasteiger partial charge in [0.2, 0.25) is 0 Å². The molecule has 372 valence electrons. The molecule has 1 saturated carbocycles. The molecule has 0 spiro atoms. The molecule has 4 saturated heterocycles. The maximum Gasteiger partial charge on any atom is 0.314 e. The Labute approximate surface area is 385 Å². The summed E-state index contributed by atoms with van der Waals surface area (Å²) in [5.74, 6) is 0.573. The SMILES string of the molecule is CO[C@H]1C[C@H](O[C@H]2[C@@H](OC)C[C@H](O[C@@H]3CC4=CC[C@H]5C(=O)OC(c6ccoc6C)=CC[C@@H]5[C@@]4(C)C[C@H]3O)O[C@@H]2C)O[C@@H](C)[C@H]1O[C@H]1C[C@H](OC)[C@H](O[C@@H]2O[C@H](CO)[C@@H](O)[C@H](O)[C@H]2O)[C@@H](C)O1. The fourth-order valence-corrected chi connectivity index (χ4v) is 11.4. The zero-order chi connectivity index (χ0) is 47.2. The minimum Gasteiger partial charge on any atom is -0.469 e. The van der Waals surface area contributed by atoms with E-state index in [1.165, 1.54) is 12.7 Å². The molecule has 0 amide bonds. The van der Waals surface area contributed by atoms with E-state index in [9.17, 15) is 30.3 Å². The number of allylic oxidation sites excluding steroid dienone is 2. The highest BCUT2D eigenvalue weighted by atomic mass is 16.8. The van der Waals surface area contributed by atoms with Crippen molar-refractivity contribution in [2.45, 2.75) is 196 Å². The third-order valence-corrected chi connectivity index (χ3v) is 15.2. The van der Waals surface area contributed by atoms with Crippen molar-refractivity contribution in [3.8, 4) is 0 Å². The number of carbonyl (C=O) groups excluding carboxylic acids is 1. The first-order valence-corrected chi connectivity index (χ1v) is 23.4. The normalized spacial score (nSPS) is 46.6. The second kappa shape index (κ2) is 20.9. The van der Waals surface area contributed by atoms with Crippen molar-refractivity contribution in [2.75, 3.05) is 27.9 Å². The van der Waals surface area contributed by atoms with Crippen LogP contribution < -0.4 is 0 Å². The highest BCUT2D eigenvalue weighted by Crippen LogP contribution is 2.56.